The van der Waals surface area contributed by atoms with Crippen LogP contribution in [0.1, 0.15) is 53.9 Å². The number of likely N-dealkylation sites (tertiary alicyclic amines) is 2. The fourth-order valence-electron chi connectivity index (χ4n) is 4.80. The minimum absolute atomic E-state index is 0.0880. The van der Waals surface area contributed by atoms with Crippen molar-refractivity contribution >= 4 is 38.0 Å². The predicted octanol–water partition coefficient (Wildman–Crippen LogP) is 0.223. The molecule has 0 spiro atoms. The number of nitrogens with zero attached hydrogens (tertiary/aromatic N) is 2. The fraction of sp³-hybridized carbons (Fsp3) is 0.800. The summed E-state index contributed by atoms with van der Waals surface area (Å²) < 4.78 is 6.30. The maximum absolute atomic E-state index is 13.4. The van der Waals surface area contributed by atoms with Crippen LogP contribution in [-0.2, 0) is 23.6 Å². The summed E-state index contributed by atoms with van der Waals surface area (Å²) in [6.45, 7) is 13.9. The van der Waals surface area contributed by atoms with E-state index in [-0.39, 0.29) is 24.0 Å². The first kappa shape index (κ1) is 32.5. The lowest BCUT2D eigenvalue weighted by Crippen LogP contribution is -2.57. The van der Waals surface area contributed by atoms with Crippen LogP contribution in [0.25, 0.3) is 0 Å². The molecule has 222 valence electrons. The molecule has 0 aliphatic carbocycles. The standard InChI is InChI=1S/C25H45N5O8Si/c1-14(31)18(20(26)32)27-21(33)17-9-8-11-30(17)22(34)16-10-12-29(13-16)23(35)19(28-24(36)37)15(2)38-39(6,7)25(3,4)5/h14-19,28,31H,8-13H2,1-7H3,(H2,26,32)(H,27,33)(H,36,37)/t14-,15-,16-,17+,18+,19+/m1/s1. The number of nitrogens with one attached hydrogen (secondary N) is 2. The number of aliphatic hydroxyl groups is 1. The Balaban J connectivity index is 2.11. The Kier molecular flexibility index (Phi) is 10.5. The summed E-state index contributed by atoms with van der Waals surface area (Å²) in [7, 11) is -2.31. The Labute approximate surface area is 230 Å². The molecule has 6 atom stereocenters. The highest BCUT2D eigenvalue weighted by Crippen LogP contribution is 2.37. The average Bonchev–Trinajstić information content (AvgIpc) is 3.48. The van der Waals surface area contributed by atoms with Crippen LogP contribution in [0, 0.1) is 5.92 Å². The van der Waals surface area contributed by atoms with Gasteiger partial charge < -0.3 is 40.8 Å². The fourth-order valence-corrected chi connectivity index (χ4v) is 6.22. The summed E-state index contributed by atoms with van der Waals surface area (Å²) in [6.07, 6.45) is -1.91. The van der Waals surface area contributed by atoms with Crippen LogP contribution < -0.4 is 16.4 Å². The van der Waals surface area contributed by atoms with Crippen LogP contribution in [0.15, 0.2) is 0 Å². The Bertz CT molecular complexity index is 953. The monoisotopic (exact) mass is 571 g/mol. The van der Waals surface area contributed by atoms with Gasteiger partial charge in [-0.3, -0.25) is 19.2 Å². The second kappa shape index (κ2) is 12.6. The van der Waals surface area contributed by atoms with Crippen molar-refractivity contribution in [2.24, 2.45) is 11.7 Å². The van der Waals surface area contributed by atoms with Gasteiger partial charge in [-0.15, -0.1) is 0 Å². The molecule has 0 aromatic rings. The highest BCUT2D eigenvalue weighted by Gasteiger charge is 2.45. The van der Waals surface area contributed by atoms with E-state index in [1.165, 1.54) is 16.7 Å². The Morgan fingerprint density at radius 1 is 1.03 bits per heavy atom. The van der Waals surface area contributed by atoms with Gasteiger partial charge in [0, 0.05) is 19.6 Å². The topological polar surface area (TPSA) is 192 Å². The van der Waals surface area contributed by atoms with Gasteiger partial charge in [0.15, 0.2) is 8.32 Å². The maximum atomic E-state index is 13.4. The molecule has 2 fully saturated rings. The van der Waals surface area contributed by atoms with Gasteiger partial charge in [-0.25, -0.2) is 4.79 Å². The first-order valence-electron chi connectivity index (χ1n) is 13.4. The van der Waals surface area contributed by atoms with Gasteiger partial charge in [0.1, 0.15) is 18.1 Å². The second-order valence-electron chi connectivity index (χ2n) is 12.1. The largest absolute Gasteiger partial charge is 0.465 e. The third kappa shape index (κ3) is 7.91. The van der Waals surface area contributed by atoms with Crippen molar-refractivity contribution in [2.45, 2.75) is 102 Å². The normalized spacial score (nSPS) is 23.1. The van der Waals surface area contributed by atoms with E-state index >= 15 is 0 Å². The highest BCUT2D eigenvalue weighted by atomic mass is 28.4. The van der Waals surface area contributed by atoms with Gasteiger partial charge in [0.2, 0.25) is 23.6 Å². The number of nitrogens with two attached hydrogens (primary N) is 1. The molecule has 0 aromatic heterocycles. The molecule has 2 aliphatic rings. The zero-order valence-corrected chi connectivity index (χ0v) is 25.0. The number of aliphatic hydroxyl groups excluding tert-OH is 1. The number of amides is 5. The number of hydrogen-bond acceptors (Lipinski definition) is 7. The molecular weight excluding hydrogens is 526 g/mol. The molecule has 14 heteroatoms. The molecule has 0 unspecified atom stereocenters. The number of carbonyl (C=O) groups is 5. The second-order valence-corrected chi connectivity index (χ2v) is 16.9. The van der Waals surface area contributed by atoms with Crippen LogP contribution in [0.5, 0.6) is 0 Å². The maximum Gasteiger partial charge on any atom is 0.405 e. The summed E-state index contributed by atoms with van der Waals surface area (Å²) >= 11 is 0. The third-order valence-electron chi connectivity index (χ3n) is 8.08. The van der Waals surface area contributed by atoms with Crippen molar-refractivity contribution in [1.29, 1.82) is 0 Å². The molecule has 0 radical (unpaired) electrons. The Morgan fingerprint density at radius 3 is 2.15 bits per heavy atom. The number of rotatable bonds is 10. The minimum Gasteiger partial charge on any atom is -0.465 e. The molecule has 2 saturated heterocycles. The molecule has 5 amide bonds. The summed E-state index contributed by atoms with van der Waals surface area (Å²) in [6, 6.07) is -3.23. The van der Waals surface area contributed by atoms with Crippen molar-refractivity contribution in [3.63, 3.8) is 0 Å². The van der Waals surface area contributed by atoms with Crippen LogP contribution in [-0.4, -0.2) is 108 Å². The Morgan fingerprint density at radius 2 is 1.64 bits per heavy atom. The van der Waals surface area contributed by atoms with E-state index in [0.717, 1.165) is 0 Å². The molecule has 13 nitrogen and oxygen atoms in total. The summed E-state index contributed by atoms with van der Waals surface area (Å²) in [5.74, 6) is -2.76. The van der Waals surface area contributed by atoms with E-state index in [0.29, 0.717) is 25.8 Å². The molecule has 2 heterocycles. The van der Waals surface area contributed by atoms with E-state index < -0.39 is 68.4 Å². The molecular formula is C25H45N5O8Si. The van der Waals surface area contributed by atoms with Gasteiger partial charge in [-0.2, -0.15) is 0 Å². The number of primary amides is 1. The van der Waals surface area contributed by atoms with E-state index in [4.69, 9.17) is 10.2 Å². The Hall–Kier alpha value is -2.71. The SMILES string of the molecule is C[C@@H](O)[C@H](NC(=O)[C@@H]1CCCN1C(=O)[C@@H]1CCN(C(=O)[C@@H](NC(=O)O)[C@@H](C)O[Si](C)(C)C(C)(C)C)C1)C(N)=O. The third-order valence-corrected chi connectivity index (χ3v) is 12.6. The lowest BCUT2D eigenvalue weighted by Gasteiger charge is -2.40. The van der Waals surface area contributed by atoms with Crippen LogP contribution in [0.2, 0.25) is 18.1 Å². The van der Waals surface area contributed by atoms with Gasteiger partial charge in [-0.05, 0) is 51.2 Å². The lowest BCUT2D eigenvalue weighted by atomic mass is 10.1. The summed E-state index contributed by atoms with van der Waals surface area (Å²) in [5, 5.41) is 23.8. The number of hydrogen-bond donors (Lipinski definition) is 5. The van der Waals surface area contributed by atoms with Crippen molar-refractivity contribution in [1.82, 2.24) is 20.4 Å². The van der Waals surface area contributed by atoms with Crippen molar-refractivity contribution in [3.05, 3.63) is 0 Å². The molecule has 39 heavy (non-hydrogen) atoms. The van der Waals surface area contributed by atoms with E-state index in [1.807, 2.05) is 33.9 Å². The predicted molar refractivity (Wildman–Crippen MR) is 145 cm³/mol. The average molecular weight is 572 g/mol. The minimum atomic E-state index is -2.31. The van der Waals surface area contributed by atoms with Crippen LogP contribution in [0.4, 0.5) is 4.79 Å². The summed E-state index contributed by atoms with van der Waals surface area (Å²) in [4.78, 5) is 65.7. The highest BCUT2D eigenvalue weighted by molar-refractivity contribution is 6.74. The van der Waals surface area contributed by atoms with Crippen molar-refractivity contribution in [2.75, 3.05) is 19.6 Å². The van der Waals surface area contributed by atoms with E-state index in [9.17, 15) is 34.2 Å². The van der Waals surface area contributed by atoms with Gasteiger partial charge in [-0.1, -0.05) is 20.8 Å². The van der Waals surface area contributed by atoms with E-state index in [1.54, 1.807) is 6.92 Å². The van der Waals surface area contributed by atoms with Gasteiger partial charge in [0.05, 0.1) is 18.1 Å². The van der Waals surface area contributed by atoms with Gasteiger partial charge in [0.25, 0.3) is 0 Å². The quantitative estimate of drug-likeness (QED) is 0.230. The van der Waals surface area contributed by atoms with Crippen LogP contribution >= 0.6 is 0 Å². The zero-order chi connectivity index (χ0) is 29.9. The van der Waals surface area contributed by atoms with Crippen molar-refractivity contribution in [3.8, 4) is 0 Å². The smallest absolute Gasteiger partial charge is 0.405 e. The molecule has 6 N–H and O–H groups in total. The molecule has 0 bridgehead atoms. The lowest BCUT2D eigenvalue weighted by molar-refractivity contribution is -0.142. The zero-order valence-electron chi connectivity index (χ0n) is 24.0. The molecule has 2 rings (SSSR count). The number of carbonyl (C=O) groups excluding carboxylic acids is 4. The van der Waals surface area contributed by atoms with E-state index in [2.05, 4.69) is 10.6 Å². The molecule has 0 saturated carbocycles. The van der Waals surface area contributed by atoms with Crippen molar-refractivity contribution < 1.29 is 38.6 Å². The number of carboxylic acid groups (broad SMARTS) is 1. The summed E-state index contributed by atoms with van der Waals surface area (Å²) in [5.41, 5.74) is 5.27. The van der Waals surface area contributed by atoms with Crippen LogP contribution in [0.3, 0.4) is 0 Å². The van der Waals surface area contributed by atoms with Gasteiger partial charge >= 0.3 is 6.09 Å². The molecule has 0 aromatic carbocycles. The first-order valence-corrected chi connectivity index (χ1v) is 16.3. The first-order chi connectivity index (χ1) is 17.9. The molecule has 2 aliphatic heterocycles.